The third-order valence-electron chi connectivity index (χ3n) is 4.46. The van der Waals surface area contributed by atoms with Gasteiger partial charge in [-0.2, -0.15) is 0 Å². The summed E-state index contributed by atoms with van der Waals surface area (Å²) in [5.74, 6) is 0.455. The number of aromatic nitrogens is 2. The van der Waals surface area contributed by atoms with Crippen LogP contribution in [0.5, 0.6) is 0 Å². The van der Waals surface area contributed by atoms with E-state index in [1.54, 1.807) is 4.90 Å². The Morgan fingerprint density at radius 2 is 1.92 bits per heavy atom. The van der Waals surface area contributed by atoms with Gasteiger partial charge < -0.3 is 15.1 Å². The zero-order chi connectivity index (χ0) is 17.6. The number of nitrogens with one attached hydrogen (secondary N) is 1. The number of halogens is 1. The summed E-state index contributed by atoms with van der Waals surface area (Å²) in [6, 6.07) is 0.352. The molecule has 1 aliphatic heterocycles. The lowest BCUT2D eigenvalue weighted by atomic mass is 10.2. The van der Waals surface area contributed by atoms with Crippen LogP contribution >= 0.6 is 34.7 Å². The maximum atomic E-state index is 12.0. The summed E-state index contributed by atoms with van der Waals surface area (Å²) in [5.41, 5.74) is 0. The lowest BCUT2D eigenvalue weighted by molar-refractivity contribution is -0.128. The lowest BCUT2D eigenvalue weighted by Gasteiger charge is -2.33. The molecule has 7 nitrogen and oxygen atoms in total. The molecule has 0 radical (unpaired) electrons. The van der Waals surface area contributed by atoms with E-state index in [4.69, 9.17) is 11.6 Å². The quantitative estimate of drug-likeness (QED) is 0.574. The Bertz CT molecular complexity index is 600. The summed E-state index contributed by atoms with van der Waals surface area (Å²) in [6.45, 7) is 2.75. The third-order valence-corrected chi connectivity index (χ3v) is 6.81. The fourth-order valence-electron chi connectivity index (χ4n) is 3.09. The van der Waals surface area contributed by atoms with E-state index in [1.807, 2.05) is 0 Å². The van der Waals surface area contributed by atoms with E-state index in [2.05, 4.69) is 20.4 Å². The van der Waals surface area contributed by atoms with E-state index in [9.17, 15) is 9.59 Å². The molecule has 1 aliphatic carbocycles. The minimum absolute atomic E-state index is 0.0249. The Balaban J connectivity index is 1.43. The number of hydrogen-bond acceptors (Lipinski definition) is 7. The molecular formula is C15H22ClN5O2S2. The number of anilines is 1. The summed E-state index contributed by atoms with van der Waals surface area (Å²) >= 11 is 8.52. The molecule has 10 heteroatoms. The van der Waals surface area contributed by atoms with Crippen molar-refractivity contribution in [3.63, 3.8) is 0 Å². The van der Waals surface area contributed by atoms with Crippen LogP contribution in [-0.4, -0.2) is 70.8 Å². The van der Waals surface area contributed by atoms with Gasteiger partial charge in [0.1, 0.15) is 5.88 Å². The number of nitrogens with zero attached hydrogens (tertiary/aromatic N) is 4. The van der Waals surface area contributed by atoms with Crippen LogP contribution in [-0.2, 0) is 9.59 Å². The molecule has 1 aromatic heterocycles. The van der Waals surface area contributed by atoms with Crippen molar-refractivity contribution < 1.29 is 9.59 Å². The molecular weight excluding hydrogens is 382 g/mol. The highest BCUT2D eigenvalue weighted by molar-refractivity contribution is 8.01. The van der Waals surface area contributed by atoms with Crippen LogP contribution in [0.1, 0.15) is 25.7 Å². The molecule has 1 aromatic rings. The number of piperazine rings is 1. The van der Waals surface area contributed by atoms with Crippen LogP contribution in [0.4, 0.5) is 5.13 Å². The molecule has 2 fully saturated rings. The van der Waals surface area contributed by atoms with E-state index in [0.29, 0.717) is 24.9 Å². The van der Waals surface area contributed by atoms with E-state index in [0.717, 1.165) is 35.4 Å². The van der Waals surface area contributed by atoms with Crippen LogP contribution < -0.4 is 10.2 Å². The van der Waals surface area contributed by atoms with Gasteiger partial charge in [-0.15, -0.1) is 21.8 Å². The standard InChI is InChI=1S/C15H22ClN5O2S2/c16-9-13(23)20-5-7-21(8-6-20)14-18-19-15(25-14)24-10-12(22)17-11-3-1-2-4-11/h11H,1-10H2,(H,17,22). The predicted octanol–water partition coefficient (Wildman–Crippen LogP) is 1.58. The molecule has 2 aliphatic rings. The Hall–Kier alpha value is -1.06. The van der Waals surface area contributed by atoms with Gasteiger partial charge in [0.2, 0.25) is 16.9 Å². The fraction of sp³-hybridized carbons (Fsp3) is 0.733. The monoisotopic (exact) mass is 403 g/mol. The molecule has 0 spiro atoms. The lowest BCUT2D eigenvalue weighted by Crippen LogP contribution is -2.49. The molecule has 1 saturated heterocycles. The van der Waals surface area contributed by atoms with E-state index in [-0.39, 0.29) is 17.7 Å². The second-order valence-corrected chi connectivity index (χ2v) is 8.64. The molecule has 0 aromatic carbocycles. The van der Waals surface area contributed by atoms with E-state index < -0.39 is 0 Å². The average Bonchev–Trinajstić information content (AvgIpc) is 3.31. The van der Waals surface area contributed by atoms with Crippen molar-refractivity contribution >= 4 is 51.6 Å². The van der Waals surface area contributed by atoms with Crippen molar-refractivity contribution in [3.05, 3.63) is 0 Å². The molecule has 2 heterocycles. The molecule has 138 valence electrons. The highest BCUT2D eigenvalue weighted by atomic mass is 35.5. The summed E-state index contributed by atoms with van der Waals surface area (Å²) in [5, 5.41) is 12.3. The van der Waals surface area contributed by atoms with Gasteiger partial charge in [-0.05, 0) is 12.8 Å². The zero-order valence-corrected chi connectivity index (χ0v) is 16.3. The minimum atomic E-state index is -0.0249. The first-order valence-electron chi connectivity index (χ1n) is 8.50. The van der Waals surface area contributed by atoms with Gasteiger partial charge in [-0.1, -0.05) is 35.9 Å². The van der Waals surface area contributed by atoms with Gasteiger partial charge in [-0.25, -0.2) is 0 Å². The maximum absolute atomic E-state index is 12.0. The first-order chi connectivity index (χ1) is 12.2. The summed E-state index contributed by atoms with van der Waals surface area (Å²) in [7, 11) is 0. The van der Waals surface area contributed by atoms with E-state index >= 15 is 0 Å². The van der Waals surface area contributed by atoms with Crippen LogP contribution in [0.15, 0.2) is 4.34 Å². The third kappa shape index (κ3) is 5.21. The minimum Gasteiger partial charge on any atom is -0.353 e. The maximum Gasteiger partial charge on any atom is 0.237 e. The predicted molar refractivity (Wildman–Crippen MR) is 101 cm³/mol. The number of hydrogen-bond donors (Lipinski definition) is 1. The van der Waals surface area contributed by atoms with Crippen LogP contribution in [0.2, 0.25) is 0 Å². The van der Waals surface area contributed by atoms with E-state index in [1.165, 1.54) is 35.9 Å². The highest BCUT2D eigenvalue weighted by Gasteiger charge is 2.23. The Morgan fingerprint density at radius 1 is 1.20 bits per heavy atom. The first kappa shape index (κ1) is 18.7. The highest BCUT2D eigenvalue weighted by Crippen LogP contribution is 2.28. The van der Waals surface area contributed by atoms with Gasteiger partial charge in [0.15, 0.2) is 4.34 Å². The number of rotatable bonds is 6. The van der Waals surface area contributed by atoms with Crippen molar-refractivity contribution in [1.82, 2.24) is 20.4 Å². The van der Waals surface area contributed by atoms with Crippen molar-refractivity contribution in [2.75, 3.05) is 42.7 Å². The smallest absolute Gasteiger partial charge is 0.237 e. The topological polar surface area (TPSA) is 78.4 Å². The summed E-state index contributed by atoms with van der Waals surface area (Å²) < 4.78 is 0.802. The van der Waals surface area contributed by atoms with Crippen molar-refractivity contribution in [2.24, 2.45) is 0 Å². The summed E-state index contributed by atoms with van der Waals surface area (Å²) in [6.07, 6.45) is 4.61. The number of carbonyl (C=O) groups excluding carboxylic acids is 2. The van der Waals surface area contributed by atoms with Crippen molar-refractivity contribution in [1.29, 1.82) is 0 Å². The normalized spacial score (nSPS) is 18.6. The summed E-state index contributed by atoms with van der Waals surface area (Å²) in [4.78, 5) is 27.5. The van der Waals surface area contributed by atoms with Gasteiger partial charge in [0.25, 0.3) is 0 Å². The molecule has 3 rings (SSSR count). The number of carbonyl (C=O) groups is 2. The SMILES string of the molecule is O=C(CSc1nnc(N2CCN(C(=O)CCl)CC2)s1)NC1CCCC1. The Labute approximate surface area is 160 Å². The molecule has 1 N–H and O–H groups in total. The Kier molecular flexibility index (Phi) is 6.77. The molecule has 1 saturated carbocycles. The zero-order valence-electron chi connectivity index (χ0n) is 13.9. The van der Waals surface area contributed by atoms with Gasteiger partial charge >= 0.3 is 0 Å². The number of thioether (sulfide) groups is 1. The molecule has 0 bridgehead atoms. The second kappa shape index (κ2) is 9.05. The van der Waals surface area contributed by atoms with Crippen LogP contribution in [0, 0.1) is 0 Å². The number of alkyl halides is 1. The first-order valence-corrected chi connectivity index (χ1v) is 10.8. The van der Waals surface area contributed by atoms with Gasteiger partial charge in [0.05, 0.1) is 5.75 Å². The largest absolute Gasteiger partial charge is 0.353 e. The molecule has 0 unspecified atom stereocenters. The fourth-order valence-corrected chi connectivity index (χ4v) is 4.96. The second-order valence-electron chi connectivity index (χ2n) is 6.19. The van der Waals surface area contributed by atoms with Crippen molar-refractivity contribution in [2.45, 2.75) is 36.1 Å². The number of amides is 2. The van der Waals surface area contributed by atoms with Gasteiger partial charge in [-0.3, -0.25) is 9.59 Å². The molecule has 0 atom stereocenters. The molecule has 2 amide bonds. The average molecular weight is 404 g/mol. The van der Waals surface area contributed by atoms with Gasteiger partial charge in [0, 0.05) is 32.2 Å². The van der Waals surface area contributed by atoms with Crippen LogP contribution in [0.3, 0.4) is 0 Å². The molecule has 25 heavy (non-hydrogen) atoms. The Morgan fingerprint density at radius 3 is 2.60 bits per heavy atom. The van der Waals surface area contributed by atoms with Crippen molar-refractivity contribution in [3.8, 4) is 0 Å². The van der Waals surface area contributed by atoms with Crippen LogP contribution in [0.25, 0.3) is 0 Å².